The van der Waals surface area contributed by atoms with Crippen molar-refractivity contribution in [3.05, 3.63) is 53.7 Å². The molecule has 138 valence electrons. The Morgan fingerprint density at radius 1 is 1.22 bits per heavy atom. The molecule has 1 atom stereocenters. The molecule has 1 aliphatic rings. The number of hydrogen-bond donors (Lipinski definition) is 1. The summed E-state index contributed by atoms with van der Waals surface area (Å²) in [6.07, 6.45) is 2.52. The maximum atomic E-state index is 12.4. The number of aromatic amines is 1. The second kappa shape index (κ2) is 7.27. The zero-order valence-corrected chi connectivity index (χ0v) is 15.5. The minimum atomic E-state index is -0.477. The van der Waals surface area contributed by atoms with Crippen molar-refractivity contribution in [3.8, 4) is 16.9 Å². The molecule has 1 aromatic heterocycles. The van der Waals surface area contributed by atoms with Crippen molar-refractivity contribution in [3.63, 3.8) is 0 Å². The number of hydrogen-bond acceptors (Lipinski definition) is 4. The minimum absolute atomic E-state index is 0.260. The predicted molar refractivity (Wildman–Crippen MR) is 107 cm³/mol. The lowest BCUT2D eigenvalue weighted by molar-refractivity contribution is -0.143. The number of carbonyl (C=O) groups is 1. The summed E-state index contributed by atoms with van der Waals surface area (Å²) in [5.74, 6) is 0.0903. The molecule has 0 saturated carbocycles. The number of carbonyl (C=O) groups excluding carboxylic acids is 1. The van der Waals surface area contributed by atoms with Crippen molar-refractivity contribution in [1.82, 2.24) is 4.98 Å². The molecule has 27 heavy (non-hydrogen) atoms. The van der Waals surface area contributed by atoms with Gasteiger partial charge in [-0.2, -0.15) is 0 Å². The zero-order valence-electron chi connectivity index (χ0n) is 15.5. The lowest BCUT2D eigenvalue weighted by Gasteiger charge is -2.10. The van der Waals surface area contributed by atoms with Crippen molar-refractivity contribution in [2.75, 3.05) is 20.3 Å². The number of nitrogens with one attached hydrogen (secondary N) is 1. The Morgan fingerprint density at radius 3 is 2.89 bits per heavy atom. The number of ether oxygens (including phenoxy) is 2. The van der Waals surface area contributed by atoms with E-state index < -0.39 is 5.92 Å². The lowest BCUT2D eigenvalue weighted by Crippen LogP contribution is -2.18. The number of esters is 1. The van der Waals surface area contributed by atoms with Crippen molar-refractivity contribution in [2.24, 2.45) is 4.99 Å². The van der Waals surface area contributed by atoms with Gasteiger partial charge in [0.1, 0.15) is 11.7 Å². The number of rotatable bonds is 4. The van der Waals surface area contributed by atoms with Crippen molar-refractivity contribution >= 4 is 23.1 Å². The molecule has 0 fully saturated rings. The molecule has 0 bridgehead atoms. The molecule has 2 aromatic carbocycles. The lowest BCUT2D eigenvalue weighted by atomic mass is 9.98. The SMILES string of the molecule is CCOC(=O)C1C=NCCc2c1[nH]c1cc(-c3cccc(OC)c3)ccc21. The number of methoxy groups -OCH3 is 1. The highest BCUT2D eigenvalue weighted by atomic mass is 16.5. The minimum Gasteiger partial charge on any atom is -0.497 e. The molecule has 1 aliphatic heterocycles. The van der Waals surface area contributed by atoms with Gasteiger partial charge in [0.2, 0.25) is 0 Å². The first-order valence-electron chi connectivity index (χ1n) is 9.16. The predicted octanol–water partition coefficient (Wildman–Crippen LogP) is 4.12. The molecular formula is C22H22N2O3. The summed E-state index contributed by atoms with van der Waals surface area (Å²) in [5, 5.41) is 1.14. The molecule has 4 rings (SSSR count). The van der Waals surface area contributed by atoms with Gasteiger partial charge in [0.05, 0.1) is 13.7 Å². The quantitative estimate of drug-likeness (QED) is 0.710. The third kappa shape index (κ3) is 3.21. The highest BCUT2D eigenvalue weighted by Gasteiger charge is 2.27. The van der Waals surface area contributed by atoms with Gasteiger partial charge in [-0.05, 0) is 48.2 Å². The fraction of sp³-hybridized carbons (Fsp3) is 0.273. The number of aliphatic imine (C=N–C) groups is 1. The average molecular weight is 362 g/mol. The van der Waals surface area contributed by atoms with Crippen LogP contribution in [0.2, 0.25) is 0 Å². The Balaban J connectivity index is 1.80. The van der Waals surface area contributed by atoms with Crippen LogP contribution in [0, 0.1) is 0 Å². The van der Waals surface area contributed by atoms with E-state index in [0.29, 0.717) is 13.2 Å². The summed E-state index contributed by atoms with van der Waals surface area (Å²) < 4.78 is 10.6. The van der Waals surface area contributed by atoms with Gasteiger partial charge in [0.15, 0.2) is 0 Å². The fourth-order valence-electron chi connectivity index (χ4n) is 3.64. The van der Waals surface area contributed by atoms with E-state index in [1.165, 1.54) is 0 Å². The summed E-state index contributed by atoms with van der Waals surface area (Å²) in [7, 11) is 1.67. The molecule has 1 N–H and O–H groups in total. The van der Waals surface area contributed by atoms with Gasteiger partial charge in [-0.15, -0.1) is 0 Å². The van der Waals surface area contributed by atoms with Crippen LogP contribution in [0.1, 0.15) is 24.1 Å². The van der Waals surface area contributed by atoms with Gasteiger partial charge in [-0.25, -0.2) is 0 Å². The van der Waals surface area contributed by atoms with Crippen LogP contribution in [0.4, 0.5) is 0 Å². The van der Waals surface area contributed by atoms with Crippen LogP contribution in [0.5, 0.6) is 5.75 Å². The van der Waals surface area contributed by atoms with Crippen molar-refractivity contribution in [1.29, 1.82) is 0 Å². The van der Waals surface area contributed by atoms with Crippen LogP contribution in [0.15, 0.2) is 47.5 Å². The number of fused-ring (bicyclic) bond motifs is 3. The summed E-state index contributed by atoms with van der Waals surface area (Å²) in [4.78, 5) is 20.2. The largest absolute Gasteiger partial charge is 0.497 e. The maximum Gasteiger partial charge on any atom is 0.320 e. The average Bonchev–Trinajstić information content (AvgIpc) is 2.92. The summed E-state index contributed by atoms with van der Waals surface area (Å²) in [5.41, 5.74) is 5.25. The number of nitrogens with zero attached hydrogens (tertiary/aromatic N) is 1. The van der Waals surface area contributed by atoms with E-state index in [4.69, 9.17) is 9.47 Å². The Hall–Kier alpha value is -3.08. The van der Waals surface area contributed by atoms with Crippen molar-refractivity contribution < 1.29 is 14.3 Å². The molecule has 3 aromatic rings. The third-order valence-electron chi connectivity index (χ3n) is 4.94. The van der Waals surface area contributed by atoms with E-state index in [1.807, 2.05) is 25.1 Å². The van der Waals surface area contributed by atoms with Gasteiger partial charge in [-0.3, -0.25) is 9.79 Å². The van der Waals surface area contributed by atoms with E-state index in [0.717, 1.165) is 45.5 Å². The van der Waals surface area contributed by atoms with E-state index in [1.54, 1.807) is 13.3 Å². The van der Waals surface area contributed by atoms with Gasteiger partial charge in [0.25, 0.3) is 0 Å². The van der Waals surface area contributed by atoms with Gasteiger partial charge >= 0.3 is 5.97 Å². The molecule has 0 aliphatic carbocycles. The molecule has 2 heterocycles. The molecule has 0 radical (unpaired) electrons. The van der Waals surface area contributed by atoms with Gasteiger partial charge in [-0.1, -0.05) is 24.3 Å². The maximum absolute atomic E-state index is 12.4. The Labute approximate surface area is 158 Å². The summed E-state index contributed by atoms with van der Waals surface area (Å²) in [6, 6.07) is 14.3. The monoisotopic (exact) mass is 362 g/mol. The molecule has 5 nitrogen and oxygen atoms in total. The van der Waals surface area contributed by atoms with Crippen LogP contribution in [-0.4, -0.2) is 37.4 Å². The summed E-state index contributed by atoms with van der Waals surface area (Å²) in [6.45, 7) is 2.85. The highest BCUT2D eigenvalue weighted by molar-refractivity contribution is 5.99. The second-order valence-corrected chi connectivity index (χ2v) is 6.54. The molecule has 0 spiro atoms. The first kappa shape index (κ1) is 17.3. The molecule has 0 saturated heterocycles. The van der Waals surface area contributed by atoms with Crippen molar-refractivity contribution in [2.45, 2.75) is 19.3 Å². The molecule has 0 amide bonds. The second-order valence-electron chi connectivity index (χ2n) is 6.54. The summed E-state index contributed by atoms with van der Waals surface area (Å²) >= 11 is 0. The van der Waals surface area contributed by atoms with Gasteiger partial charge < -0.3 is 14.5 Å². The molecule has 1 unspecified atom stereocenters. The first-order valence-corrected chi connectivity index (χ1v) is 9.16. The van der Waals surface area contributed by atoms with E-state index in [2.05, 4.69) is 34.2 Å². The Bertz CT molecular complexity index is 1020. The number of aromatic nitrogens is 1. The van der Waals surface area contributed by atoms with Crippen LogP contribution in [0.25, 0.3) is 22.0 Å². The topological polar surface area (TPSA) is 63.7 Å². The van der Waals surface area contributed by atoms with Crippen LogP contribution < -0.4 is 4.74 Å². The fourth-order valence-corrected chi connectivity index (χ4v) is 3.64. The Morgan fingerprint density at radius 2 is 2.07 bits per heavy atom. The van der Waals surface area contributed by atoms with Crippen LogP contribution in [0.3, 0.4) is 0 Å². The molecule has 5 heteroatoms. The normalized spacial score (nSPS) is 16.0. The molecular weight excluding hydrogens is 340 g/mol. The van der Waals surface area contributed by atoms with E-state index >= 15 is 0 Å². The number of benzene rings is 2. The highest BCUT2D eigenvalue weighted by Crippen LogP contribution is 2.33. The Kier molecular flexibility index (Phi) is 4.67. The van der Waals surface area contributed by atoms with Gasteiger partial charge in [0, 0.05) is 29.4 Å². The first-order chi connectivity index (χ1) is 13.2. The third-order valence-corrected chi connectivity index (χ3v) is 4.94. The zero-order chi connectivity index (χ0) is 18.8. The van der Waals surface area contributed by atoms with E-state index in [9.17, 15) is 4.79 Å². The standard InChI is InChI=1S/C22H22N2O3/c1-3-27-22(25)19-13-23-10-9-18-17-8-7-15(12-20(17)24-21(18)19)14-5-4-6-16(11-14)26-2/h4-8,11-13,19,24H,3,9-10H2,1-2H3. The van der Waals surface area contributed by atoms with E-state index in [-0.39, 0.29) is 5.97 Å². The van der Waals surface area contributed by atoms with Crippen LogP contribution >= 0.6 is 0 Å². The number of H-pyrrole nitrogens is 1. The smallest absolute Gasteiger partial charge is 0.320 e. The van der Waals surface area contributed by atoms with Crippen LogP contribution in [-0.2, 0) is 16.0 Å².